The molecule has 0 spiro atoms. The number of rotatable bonds is 5. The summed E-state index contributed by atoms with van der Waals surface area (Å²) >= 11 is 6.98. The molecule has 0 saturated heterocycles. The minimum atomic E-state index is -0.525. The molecule has 0 fully saturated rings. The van der Waals surface area contributed by atoms with Crippen LogP contribution in [0.1, 0.15) is 11.1 Å². The number of aryl methyl sites for hydroxylation is 2. The number of amides is 1. The lowest BCUT2D eigenvalue weighted by molar-refractivity contribution is -0.113. The Morgan fingerprint density at radius 3 is 2.56 bits per heavy atom. The predicted molar refractivity (Wildman–Crippen MR) is 108 cm³/mol. The highest BCUT2D eigenvalue weighted by Gasteiger charge is 2.08. The van der Waals surface area contributed by atoms with Crippen molar-refractivity contribution < 1.29 is 9.18 Å². The van der Waals surface area contributed by atoms with E-state index in [0.29, 0.717) is 10.7 Å². The van der Waals surface area contributed by atoms with Gasteiger partial charge in [0.2, 0.25) is 5.91 Å². The second kappa shape index (κ2) is 8.50. The number of nitrogens with zero attached hydrogens (tertiary/aromatic N) is 2. The number of anilines is 1. The molecule has 1 heterocycles. The summed E-state index contributed by atoms with van der Waals surface area (Å²) in [6.07, 6.45) is 0. The molecular weight excluding hydrogens is 385 g/mol. The van der Waals surface area contributed by atoms with E-state index >= 15 is 0 Å². The van der Waals surface area contributed by atoms with E-state index in [2.05, 4.69) is 41.5 Å². The molecule has 0 bridgehead atoms. The lowest BCUT2D eigenvalue weighted by Gasteiger charge is -2.07. The van der Waals surface area contributed by atoms with Gasteiger partial charge in [-0.05, 0) is 61.4 Å². The molecule has 1 amide bonds. The Balaban J connectivity index is 1.58. The quantitative estimate of drug-likeness (QED) is 0.590. The van der Waals surface area contributed by atoms with Crippen molar-refractivity contribution in [2.75, 3.05) is 11.1 Å². The molecule has 0 unspecified atom stereocenters. The maximum atomic E-state index is 13.1. The minimum absolute atomic E-state index is 0.0340. The number of hydrogen-bond acceptors (Lipinski definition) is 4. The first-order valence-electron chi connectivity index (χ1n) is 8.21. The van der Waals surface area contributed by atoms with Gasteiger partial charge in [-0.1, -0.05) is 35.5 Å². The summed E-state index contributed by atoms with van der Waals surface area (Å²) in [5, 5.41) is 11.7. The number of aromatic nitrogens is 2. The van der Waals surface area contributed by atoms with Crippen molar-refractivity contribution in [3.05, 3.63) is 70.5 Å². The number of carbonyl (C=O) groups excluding carboxylic acids is 1. The molecule has 1 N–H and O–H groups in total. The molecule has 0 saturated carbocycles. The smallest absolute Gasteiger partial charge is 0.234 e. The van der Waals surface area contributed by atoms with Crippen LogP contribution in [-0.2, 0) is 4.79 Å². The molecule has 0 atom stereocenters. The maximum absolute atomic E-state index is 13.1. The first kappa shape index (κ1) is 19.3. The highest BCUT2D eigenvalue weighted by Crippen LogP contribution is 2.23. The van der Waals surface area contributed by atoms with Crippen LogP contribution in [0.3, 0.4) is 0 Å². The number of halogens is 2. The number of benzene rings is 2. The average Bonchev–Trinajstić information content (AvgIpc) is 2.66. The summed E-state index contributed by atoms with van der Waals surface area (Å²) in [5.74, 6) is -0.599. The van der Waals surface area contributed by atoms with Crippen LogP contribution in [0.15, 0.2) is 53.6 Å². The van der Waals surface area contributed by atoms with E-state index in [-0.39, 0.29) is 16.7 Å². The van der Waals surface area contributed by atoms with Crippen LogP contribution >= 0.6 is 23.4 Å². The Labute approximate surface area is 166 Å². The van der Waals surface area contributed by atoms with E-state index in [1.54, 1.807) is 0 Å². The van der Waals surface area contributed by atoms with Crippen molar-refractivity contribution in [3.8, 4) is 11.3 Å². The first-order valence-corrected chi connectivity index (χ1v) is 9.58. The van der Waals surface area contributed by atoms with Gasteiger partial charge in [-0.2, -0.15) is 0 Å². The predicted octanol–water partition coefficient (Wildman–Crippen LogP) is 5.28. The fourth-order valence-electron chi connectivity index (χ4n) is 2.36. The summed E-state index contributed by atoms with van der Waals surface area (Å²) in [6.45, 7) is 4.12. The Bertz CT molecular complexity index is 979. The van der Waals surface area contributed by atoms with E-state index < -0.39 is 5.82 Å². The highest BCUT2D eigenvalue weighted by molar-refractivity contribution is 7.99. The lowest BCUT2D eigenvalue weighted by atomic mass is 10.0. The average molecular weight is 402 g/mol. The third-order valence-corrected chi connectivity index (χ3v) is 5.21. The van der Waals surface area contributed by atoms with E-state index in [0.717, 1.165) is 11.3 Å². The van der Waals surface area contributed by atoms with Gasteiger partial charge in [0.1, 0.15) is 10.8 Å². The molecule has 0 aliphatic rings. The van der Waals surface area contributed by atoms with Crippen LogP contribution in [-0.4, -0.2) is 21.9 Å². The van der Waals surface area contributed by atoms with Gasteiger partial charge in [-0.3, -0.25) is 4.79 Å². The lowest BCUT2D eigenvalue weighted by Crippen LogP contribution is -2.14. The Morgan fingerprint density at radius 1 is 1.07 bits per heavy atom. The third-order valence-electron chi connectivity index (χ3n) is 4.00. The normalized spacial score (nSPS) is 10.7. The Hall–Kier alpha value is -2.44. The van der Waals surface area contributed by atoms with Gasteiger partial charge < -0.3 is 5.32 Å². The van der Waals surface area contributed by atoms with Crippen molar-refractivity contribution in [2.24, 2.45) is 0 Å². The van der Waals surface area contributed by atoms with Crippen LogP contribution in [0.2, 0.25) is 5.02 Å². The molecule has 27 heavy (non-hydrogen) atoms. The molecule has 3 rings (SSSR count). The van der Waals surface area contributed by atoms with Crippen LogP contribution in [0, 0.1) is 19.7 Å². The van der Waals surface area contributed by atoms with Crippen LogP contribution in [0.25, 0.3) is 11.3 Å². The standard InChI is InChI=1S/C20H17ClFN3OS/c1-12-3-4-14(9-13(12)2)18-7-8-20(25-24-18)27-11-19(26)23-15-5-6-17(22)16(21)10-15/h3-10H,11H2,1-2H3,(H,23,26). The van der Waals surface area contributed by atoms with E-state index in [9.17, 15) is 9.18 Å². The fourth-order valence-corrected chi connectivity index (χ4v) is 3.16. The fraction of sp³-hybridized carbons (Fsp3) is 0.150. The van der Waals surface area contributed by atoms with Crippen molar-refractivity contribution in [3.63, 3.8) is 0 Å². The summed E-state index contributed by atoms with van der Waals surface area (Å²) in [5.41, 5.74) is 4.67. The molecule has 2 aromatic carbocycles. The van der Waals surface area contributed by atoms with Gasteiger partial charge in [0.15, 0.2) is 0 Å². The maximum Gasteiger partial charge on any atom is 0.234 e. The molecular formula is C20H17ClFN3OS. The molecule has 0 aliphatic heterocycles. The number of thioether (sulfide) groups is 1. The third kappa shape index (κ3) is 5.05. The Morgan fingerprint density at radius 2 is 1.89 bits per heavy atom. The summed E-state index contributed by atoms with van der Waals surface area (Å²) in [6, 6.07) is 13.9. The summed E-state index contributed by atoms with van der Waals surface area (Å²) in [4.78, 5) is 12.0. The number of carbonyl (C=O) groups is 1. The van der Waals surface area contributed by atoms with Gasteiger partial charge in [0, 0.05) is 11.3 Å². The van der Waals surface area contributed by atoms with Crippen molar-refractivity contribution in [1.29, 1.82) is 0 Å². The topological polar surface area (TPSA) is 54.9 Å². The Kier molecular flexibility index (Phi) is 6.08. The zero-order chi connectivity index (χ0) is 19.4. The van der Waals surface area contributed by atoms with E-state index in [1.165, 1.54) is 41.1 Å². The number of nitrogens with one attached hydrogen (secondary N) is 1. The molecule has 7 heteroatoms. The zero-order valence-electron chi connectivity index (χ0n) is 14.8. The molecule has 1 aromatic heterocycles. The zero-order valence-corrected chi connectivity index (χ0v) is 16.4. The summed E-state index contributed by atoms with van der Waals surface area (Å²) in [7, 11) is 0. The number of hydrogen-bond donors (Lipinski definition) is 1. The second-order valence-corrected chi connectivity index (χ2v) is 7.42. The van der Waals surface area contributed by atoms with E-state index in [1.807, 2.05) is 18.2 Å². The van der Waals surface area contributed by atoms with Crippen molar-refractivity contribution in [1.82, 2.24) is 10.2 Å². The second-order valence-electron chi connectivity index (χ2n) is 6.02. The SMILES string of the molecule is Cc1ccc(-c2ccc(SCC(=O)Nc3ccc(F)c(Cl)c3)nn2)cc1C. The highest BCUT2D eigenvalue weighted by atomic mass is 35.5. The van der Waals surface area contributed by atoms with Crippen LogP contribution in [0.5, 0.6) is 0 Å². The van der Waals surface area contributed by atoms with Crippen LogP contribution < -0.4 is 5.32 Å². The van der Waals surface area contributed by atoms with Gasteiger partial charge in [0.25, 0.3) is 0 Å². The molecule has 138 valence electrons. The van der Waals surface area contributed by atoms with Gasteiger partial charge in [-0.15, -0.1) is 10.2 Å². The van der Waals surface area contributed by atoms with Gasteiger partial charge >= 0.3 is 0 Å². The summed E-state index contributed by atoms with van der Waals surface area (Å²) < 4.78 is 13.1. The van der Waals surface area contributed by atoms with Gasteiger partial charge in [0.05, 0.1) is 16.5 Å². The van der Waals surface area contributed by atoms with Gasteiger partial charge in [-0.25, -0.2) is 4.39 Å². The van der Waals surface area contributed by atoms with E-state index in [4.69, 9.17) is 11.6 Å². The van der Waals surface area contributed by atoms with Crippen LogP contribution in [0.4, 0.5) is 10.1 Å². The molecule has 3 aromatic rings. The largest absolute Gasteiger partial charge is 0.325 e. The van der Waals surface area contributed by atoms with Crippen molar-refractivity contribution >= 4 is 35.0 Å². The molecule has 4 nitrogen and oxygen atoms in total. The van der Waals surface area contributed by atoms with Crippen molar-refractivity contribution in [2.45, 2.75) is 18.9 Å². The molecule has 0 radical (unpaired) electrons. The first-order chi connectivity index (χ1) is 12.9. The minimum Gasteiger partial charge on any atom is -0.325 e. The monoisotopic (exact) mass is 401 g/mol. The molecule has 0 aliphatic carbocycles.